The van der Waals surface area contributed by atoms with E-state index < -0.39 is 0 Å². The second-order valence-corrected chi connectivity index (χ2v) is 4.34. The van der Waals surface area contributed by atoms with Gasteiger partial charge in [-0.1, -0.05) is 21.1 Å². The molecule has 0 aliphatic carbocycles. The molecule has 1 aromatic rings. The summed E-state index contributed by atoms with van der Waals surface area (Å²) < 4.78 is 1.03. The molecule has 70 valence electrons. The van der Waals surface area contributed by atoms with Crippen molar-refractivity contribution in [3.05, 3.63) is 32.6 Å². The first-order chi connectivity index (χ1) is 6.20. The van der Waals surface area contributed by atoms with Crippen LogP contribution in [-0.2, 0) is 6.54 Å². The van der Waals surface area contributed by atoms with E-state index in [1.54, 1.807) is 11.8 Å². The lowest BCUT2D eigenvalue weighted by Gasteiger charge is -2.08. The minimum atomic E-state index is 0.251. The standard InChI is InChI=1S/C9H10BrNOS/c1-6-7(5-11-12)9(13-2)4-3-8(6)10/h3-4H,5H2,1-2H3. The highest BCUT2D eigenvalue weighted by molar-refractivity contribution is 9.10. The van der Waals surface area contributed by atoms with E-state index in [0.717, 1.165) is 20.5 Å². The fourth-order valence-corrected chi connectivity index (χ4v) is 2.20. The van der Waals surface area contributed by atoms with Gasteiger partial charge in [0.05, 0.1) is 0 Å². The molecule has 0 radical (unpaired) electrons. The topological polar surface area (TPSA) is 29.4 Å². The van der Waals surface area contributed by atoms with Crippen molar-refractivity contribution in [1.29, 1.82) is 0 Å². The number of rotatable bonds is 3. The number of halogens is 1. The number of benzene rings is 1. The molecule has 0 aliphatic rings. The van der Waals surface area contributed by atoms with Crippen LogP contribution in [0.25, 0.3) is 0 Å². The molecular formula is C9H10BrNOS. The molecule has 13 heavy (non-hydrogen) atoms. The zero-order valence-electron chi connectivity index (χ0n) is 7.50. The van der Waals surface area contributed by atoms with Crippen LogP contribution >= 0.6 is 27.7 Å². The lowest BCUT2D eigenvalue weighted by molar-refractivity contribution is 0.990. The maximum atomic E-state index is 10.2. The van der Waals surface area contributed by atoms with E-state index in [1.807, 2.05) is 25.3 Å². The lowest BCUT2D eigenvalue weighted by atomic mass is 10.1. The molecule has 0 N–H and O–H groups in total. The Labute approximate surface area is 90.2 Å². The molecule has 0 aliphatic heterocycles. The van der Waals surface area contributed by atoms with Crippen LogP contribution in [0, 0.1) is 11.8 Å². The lowest BCUT2D eigenvalue weighted by Crippen LogP contribution is -1.91. The summed E-state index contributed by atoms with van der Waals surface area (Å²) in [6.45, 7) is 2.24. The summed E-state index contributed by atoms with van der Waals surface area (Å²) in [5, 5.41) is 2.93. The van der Waals surface area contributed by atoms with E-state index in [1.165, 1.54) is 0 Å². The van der Waals surface area contributed by atoms with Crippen LogP contribution in [0.2, 0.25) is 0 Å². The minimum Gasteiger partial charge on any atom is -0.150 e. The Morgan fingerprint density at radius 3 is 2.77 bits per heavy atom. The second-order valence-electron chi connectivity index (χ2n) is 2.64. The fraction of sp³-hybridized carbons (Fsp3) is 0.333. The molecule has 0 saturated heterocycles. The number of nitroso groups, excluding NO2 is 1. The third-order valence-electron chi connectivity index (χ3n) is 1.93. The molecule has 0 fully saturated rings. The van der Waals surface area contributed by atoms with Crippen molar-refractivity contribution in [3.63, 3.8) is 0 Å². The Kier molecular flexibility index (Phi) is 3.93. The highest BCUT2D eigenvalue weighted by Gasteiger charge is 2.07. The van der Waals surface area contributed by atoms with E-state index in [2.05, 4.69) is 21.1 Å². The van der Waals surface area contributed by atoms with Gasteiger partial charge in [-0.3, -0.25) is 0 Å². The van der Waals surface area contributed by atoms with Crippen LogP contribution in [0.5, 0.6) is 0 Å². The first-order valence-electron chi connectivity index (χ1n) is 3.81. The molecule has 0 bridgehead atoms. The van der Waals surface area contributed by atoms with E-state index in [4.69, 9.17) is 0 Å². The Morgan fingerprint density at radius 1 is 1.54 bits per heavy atom. The van der Waals surface area contributed by atoms with Gasteiger partial charge in [0.25, 0.3) is 0 Å². The van der Waals surface area contributed by atoms with Gasteiger partial charge >= 0.3 is 0 Å². The zero-order chi connectivity index (χ0) is 9.84. The summed E-state index contributed by atoms with van der Waals surface area (Å²) >= 11 is 5.06. The molecule has 4 heteroatoms. The maximum Gasteiger partial charge on any atom is 0.107 e. The second kappa shape index (κ2) is 4.77. The summed E-state index contributed by atoms with van der Waals surface area (Å²) in [4.78, 5) is 11.4. The van der Waals surface area contributed by atoms with Crippen molar-refractivity contribution in [2.45, 2.75) is 18.4 Å². The molecule has 0 heterocycles. The highest BCUT2D eigenvalue weighted by atomic mass is 79.9. The van der Waals surface area contributed by atoms with Gasteiger partial charge in [0.15, 0.2) is 0 Å². The predicted molar refractivity (Wildman–Crippen MR) is 60.2 cm³/mol. The SMILES string of the molecule is CSc1ccc(Br)c(C)c1CN=O. The molecule has 0 saturated carbocycles. The molecule has 2 nitrogen and oxygen atoms in total. The number of hydrogen-bond acceptors (Lipinski definition) is 3. The van der Waals surface area contributed by atoms with Crippen LogP contribution in [-0.4, -0.2) is 6.26 Å². The number of thioether (sulfide) groups is 1. The van der Waals surface area contributed by atoms with Crippen molar-refractivity contribution in [3.8, 4) is 0 Å². The van der Waals surface area contributed by atoms with Gasteiger partial charge in [-0.15, -0.1) is 11.8 Å². The molecule has 0 aromatic heterocycles. The Balaban J connectivity index is 3.23. The highest BCUT2D eigenvalue weighted by Crippen LogP contribution is 2.29. The molecule has 0 atom stereocenters. The van der Waals surface area contributed by atoms with Crippen molar-refractivity contribution in [1.82, 2.24) is 0 Å². The van der Waals surface area contributed by atoms with Crippen molar-refractivity contribution in [2.75, 3.05) is 6.26 Å². The molecule has 0 spiro atoms. The summed E-state index contributed by atoms with van der Waals surface area (Å²) in [6, 6.07) is 4.00. The number of nitrogens with zero attached hydrogens (tertiary/aromatic N) is 1. The molecular weight excluding hydrogens is 250 g/mol. The van der Waals surface area contributed by atoms with Crippen LogP contribution < -0.4 is 0 Å². The fourth-order valence-electron chi connectivity index (χ4n) is 1.16. The van der Waals surface area contributed by atoms with Gasteiger partial charge in [-0.2, -0.15) is 4.91 Å². The van der Waals surface area contributed by atoms with E-state index in [-0.39, 0.29) is 6.54 Å². The van der Waals surface area contributed by atoms with Gasteiger partial charge < -0.3 is 0 Å². The number of hydrogen-bond donors (Lipinski definition) is 0. The van der Waals surface area contributed by atoms with Gasteiger partial charge in [-0.25, -0.2) is 0 Å². The van der Waals surface area contributed by atoms with Crippen LogP contribution in [0.3, 0.4) is 0 Å². The Hall–Kier alpha value is -0.350. The normalized spacial score (nSPS) is 10.1. The summed E-state index contributed by atoms with van der Waals surface area (Å²) in [5.74, 6) is 0. The Morgan fingerprint density at radius 2 is 2.23 bits per heavy atom. The zero-order valence-corrected chi connectivity index (χ0v) is 9.91. The van der Waals surface area contributed by atoms with Gasteiger partial charge in [0, 0.05) is 9.37 Å². The monoisotopic (exact) mass is 259 g/mol. The van der Waals surface area contributed by atoms with Gasteiger partial charge in [-0.05, 0) is 36.4 Å². The van der Waals surface area contributed by atoms with Crippen LogP contribution in [0.1, 0.15) is 11.1 Å². The molecule has 1 aromatic carbocycles. The first kappa shape index (κ1) is 10.7. The summed E-state index contributed by atoms with van der Waals surface area (Å²) in [6.07, 6.45) is 2.00. The van der Waals surface area contributed by atoms with E-state index in [9.17, 15) is 4.91 Å². The quantitative estimate of drug-likeness (QED) is 0.612. The van der Waals surface area contributed by atoms with E-state index >= 15 is 0 Å². The van der Waals surface area contributed by atoms with Crippen molar-refractivity contribution in [2.24, 2.45) is 5.18 Å². The first-order valence-corrected chi connectivity index (χ1v) is 5.83. The average molecular weight is 260 g/mol. The smallest absolute Gasteiger partial charge is 0.107 e. The Bertz CT molecular complexity index is 328. The summed E-state index contributed by atoms with van der Waals surface area (Å²) in [5.41, 5.74) is 2.13. The molecule has 0 amide bonds. The largest absolute Gasteiger partial charge is 0.150 e. The maximum absolute atomic E-state index is 10.2. The third kappa shape index (κ3) is 2.31. The minimum absolute atomic E-state index is 0.251. The molecule has 1 rings (SSSR count). The van der Waals surface area contributed by atoms with Crippen molar-refractivity contribution >= 4 is 27.7 Å². The van der Waals surface area contributed by atoms with E-state index in [0.29, 0.717) is 0 Å². The molecule has 0 unspecified atom stereocenters. The van der Waals surface area contributed by atoms with Gasteiger partial charge in [0.2, 0.25) is 0 Å². The van der Waals surface area contributed by atoms with Crippen LogP contribution in [0.15, 0.2) is 26.7 Å². The van der Waals surface area contributed by atoms with Gasteiger partial charge in [0.1, 0.15) is 6.54 Å². The average Bonchev–Trinajstić information content (AvgIpc) is 2.14. The predicted octanol–water partition coefficient (Wildman–Crippen LogP) is 3.75. The van der Waals surface area contributed by atoms with Crippen LogP contribution in [0.4, 0.5) is 0 Å². The van der Waals surface area contributed by atoms with Crippen molar-refractivity contribution < 1.29 is 0 Å². The summed E-state index contributed by atoms with van der Waals surface area (Å²) in [7, 11) is 0. The third-order valence-corrected chi connectivity index (χ3v) is 3.61.